The molecule has 0 radical (unpaired) electrons. The second-order valence-electron chi connectivity index (χ2n) is 5.13. The predicted octanol–water partition coefficient (Wildman–Crippen LogP) is 2.70. The molecule has 1 rings (SSSR count). The van der Waals surface area contributed by atoms with Gasteiger partial charge in [0, 0.05) is 16.1 Å². The minimum absolute atomic E-state index is 0.0605. The number of rotatable bonds is 7. The third kappa shape index (κ3) is 4.10. The first-order valence-corrected chi connectivity index (χ1v) is 8.60. The van der Waals surface area contributed by atoms with E-state index in [1.807, 2.05) is 20.8 Å². The number of hydrogen-bond acceptors (Lipinski definition) is 4. The molecular weight excluding hydrogens is 314 g/mol. The Kier molecular flexibility index (Phi) is 6.04. The minimum atomic E-state index is -3.81. The van der Waals surface area contributed by atoms with Crippen molar-refractivity contribution in [3.05, 3.63) is 22.7 Å². The Morgan fingerprint density at radius 2 is 1.90 bits per heavy atom. The van der Waals surface area contributed by atoms with E-state index in [1.165, 1.54) is 19.2 Å². The highest BCUT2D eigenvalue weighted by Gasteiger charge is 2.30. The zero-order valence-corrected chi connectivity index (χ0v) is 14.3. The molecule has 2 N–H and O–H groups in total. The molecule has 1 aromatic carbocycles. The van der Waals surface area contributed by atoms with Gasteiger partial charge in [0.25, 0.3) is 0 Å². The number of aliphatic hydroxyl groups is 1. The number of sulfonamides is 1. The topological polar surface area (TPSA) is 75.6 Å². The van der Waals surface area contributed by atoms with Crippen LogP contribution < -0.4 is 9.46 Å². The number of halogens is 1. The van der Waals surface area contributed by atoms with Crippen molar-refractivity contribution >= 4 is 21.6 Å². The summed E-state index contributed by atoms with van der Waals surface area (Å²) in [5.74, 6) is 0.115. The summed E-state index contributed by atoms with van der Waals surface area (Å²) in [5, 5.41) is 9.57. The van der Waals surface area contributed by atoms with Crippen molar-refractivity contribution in [1.29, 1.82) is 0 Å². The molecule has 0 saturated carbocycles. The van der Waals surface area contributed by atoms with Crippen molar-refractivity contribution in [2.45, 2.75) is 50.7 Å². The van der Waals surface area contributed by atoms with Crippen LogP contribution in [0.25, 0.3) is 0 Å². The number of hydrogen-bond donors (Lipinski definition) is 2. The van der Waals surface area contributed by atoms with E-state index in [2.05, 4.69) is 4.72 Å². The fourth-order valence-electron chi connectivity index (χ4n) is 1.95. The molecule has 0 amide bonds. The van der Waals surface area contributed by atoms with E-state index in [4.69, 9.17) is 16.3 Å². The average Bonchev–Trinajstić information content (AvgIpc) is 2.45. The maximum absolute atomic E-state index is 12.6. The Hall–Kier alpha value is -0.820. The van der Waals surface area contributed by atoms with E-state index >= 15 is 0 Å². The van der Waals surface area contributed by atoms with E-state index in [0.717, 1.165) is 0 Å². The van der Waals surface area contributed by atoms with Gasteiger partial charge in [0.05, 0.1) is 13.7 Å². The summed E-state index contributed by atoms with van der Waals surface area (Å²) in [7, 11) is -2.45. The second kappa shape index (κ2) is 6.96. The van der Waals surface area contributed by atoms with E-state index in [-0.39, 0.29) is 22.3 Å². The molecule has 0 aliphatic carbocycles. The summed E-state index contributed by atoms with van der Waals surface area (Å²) >= 11 is 5.94. The van der Waals surface area contributed by atoms with Gasteiger partial charge in [-0.2, -0.15) is 0 Å². The molecule has 0 atom stereocenters. The molecule has 120 valence electrons. The van der Waals surface area contributed by atoms with Crippen LogP contribution >= 0.6 is 11.6 Å². The van der Waals surface area contributed by atoms with Crippen LogP contribution in [0.4, 0.5) is 0 Å². The Balaban J connectivity index is 3.41. The molecule has 21 heavy (non-hydrogen) atoms. The summed E-state index contributed by atoms with van der Waals surface area (Å²) in [5.41, 5.74) is -0.217. The van der Waals surface area contributed by atoms with Crippen LogP contribution in [0.1, 0.15) is 39.2 Å². The maximum atomic E-state index is 12.6. The van der Waals surface area contributed by atoms with Crippen LogP contribution in [-0.2, 0) is 16.6 Å². The third-order valence-corrected chi connectivity index (χ3v) is 5.56. The Bertz CT molecular complexity index is 597. The van der Waals surface area contributed by atoms with Gasteiger partial charge in [-0.15, -0.1) is 0 Å². The van der Waals surface area contributed by atoms with Crippen molar-refractivity contribution in [2.75, 3.05) is 7.11 Å². The van der Waals surface area contributed by atoms with Gasteiger partial charge >= 0.3 is 0 Å². The minimum Gasteiger partial charge on any atom is -0.495 e. The zero-order valence-electron chi connectivity index (χ0n) is 12.7. The molecule has 0 heterocycles. The lowest BCUT2D eigenvalue weighted by molar-refractivity contribution is 0.272. The quantitative estimate of drug-likeness (QED) is 0.803. The summed E-state index contributed by atoms with van der Waals surface area (Å²) < 4.78 is 33.1. The molecular formula is C14H22ClNO4S. The van der Waals surface area contributed by atoms with Gasteiger partial charge in [0.2, 0.25) is 10.0 Å². The van der Waals surface area contributed by atoms with Gasteiger partial charge in [-0.25, -0.2) is 13.1 Å². The van der Waals surface area contributed by atoms with Gasteiger partial charge in [-0.1, -0.05) is 25.4 Å². The summed E-state index contributed by atoms with van der Waals surface area (Å²) in [6, 6.07) is 2.81. The molecule has 5 nitrogen and oxygen atoms in total. The number of methoxy groups -OCH3 is 1. The number of aliphatic hydroxyl groups excluding tert-OH is 1. The smallest absolute Gasteiger partial charge is 0.244 e. The molecule has 0 unspecified atom stereocenters. The molecule has 0 aliphatic rings. The molecule has 1 aromatic rings. The van der Waals surface area contributed by atoms with E-state index in [0.29, 0.717) is 18.4 Å². The Morgan fingerprint density at radius 3 is 2.33 bits per heavy atom. The standard InChI is InChI=1S/C14H22ClNO4S/c1-5-14(3,6-2)16-21(18,19)12-8-11(15)7-10(9-17)13(12)20-4/h7-8,16-17H,5-6,9H2,1-4H3. The van der Waals surface area contributed by atoms with Crippen molar-refractivity contribution in [1.82, 2.24) is 4.72 Å². The van der Waals surface area contributed by atoms with Gasteiger partial charge in [0.15, 0.2) is 0 Å². The molecule has 0 aliphatic heterocycles. The summed E-state index contributed by atoms with van der Waals surface area (Å²) in [4.78, 5) is -0.0605. The number of nitrogens with one attached hydrogen (secondary N) is 1. The summed E-state index contributed by atoms with van der Waals surface area (Å²) in [6.45, 7) is 5.32. The van der Waals surface area contributed by atoms with Gasteiger partial charge in [-0.3, -0.25) is 0 Å². The largest absolute Gasteiger partial charge is 0.495 e. The SMILES string of the molecule is CCC(C)(CC)NS(=O)(=O)c1cc(Cl)cc(CO)c1OC. The first-order chi connectivity index (χ1) is 9.72. The second-order valence-corrected chi connectivity index (χ2v) is 7.21. The Labute approximate surface area is 131 Å². The van der Waals surface area contributed by atoms with Crippen LogP contribution in [0.15, 0.2) is 17.0 Å². The average molecular weight is 336 g/mol. The van der Waals surface area contributed by atoms with Crippen LogP contribution in [0.5, 0.6) is 5.75 Å². The van der Waals surface area contributed by atoms with Gasteiger partial charge < -0.3 is 9.84 Å². The predicted molar refractivity (Wildman–Crippen MR) is 83.2 cm³/mol. The van der Waals surface area contributed by atoms with Crippen LogP contribution in [0.2, 0.25) is 5.02 Å². The molecule has 0 bridgehead atoms. The lowest BCUT2D eigenvalue weighted by atomic mass is 9.98. The first-order valence-electron chi connectivity index (χ1n) is 6.74. The normalized spacial score (nSPS) is 12.5. The zero-order chi connectivity index (χ0) is 16.3. The van der Waals surface area contributed by atoms with Crippen molar-refractivity contribution in [3.63, 3.8) is 0 Å². The molecule has 7 heteroatoms. The highest BCUT2D eigenvalue weighted by atomic mass is 35.5. The number of ether oxygens (including phenoxy) is 1. The monoisotopic (exact) mass is 335 g/mol. The van der Waals surface area contributed by atoms with Crippen LogP contribution in [0.3, 0.4) is 0 Å². The molecule has 0 aromatic heterocycles. The summed E-state index contributed by atoms with van der Waals surface area (Å²) in [6.07, 6.45) is 1.30. The Morgan fingerprint density at radius 1 is 1.33 bits per heavy atom. The molecule has 0 fully saturated rings. The third-order valence-electron chi connectivity index (χ3n) is 3.70. The highest BCUT2D eigenvalue weighted by Crippen LogP contribution is 2.33. The van der Waals surface area contributed by atoms with Crippen molar-refractivity contribution < 1.29 is 18.3 Å². The van der Waals surface area contributed by atoms with Crippen LogP contribution in [0, 0.1) is 0 Å². The van der Waals surface area contributed by atoms with Crippen molar-refractivity contribution in [3.8, 4) is 5.75 Å². The highest BCUT2D eigenvalue weighted by molar-refractivity contribution is 7.89. The molecule has 0 saturated heterocycles. The van der Waals surface area contributed by atoms with E-state index in [1.54, 1.807) is 0 Å². The van der Waals surface area contributed by atoms with E-state index < -0.39 is 15.6 Å². The lowest BCUT2D eigenvalue weighted by Gasteiger charge is -2.28. The lowest BCUT2D eigenvalue weighted by Crippen LogP contribution is -2.44. The van der Waals surface area contributed by atoms with Gasteiger partial charge in [0.1, 0.15) is 10.6 Å². The number of benzene rings is 1. The van der Waals surface area contributed by atoms with Gasteiger partial charge in [-0.05, 0) is 31.9 Å². The fourth-order valence-corrected chi connectivity index (χ4v) is 4.04. The van der Waals surface area contributed by atoms with E-state index in [9.17, 15) is 13.5 Å². The van der Waals surface area contributed by atoms with Crippen molar-refractivity contribution in [2.24, 2.45) is 0 Å². The fraction of sp³-hybridized carbons (Fsp3) is 0.571. The maximum Gasteiger partial charge on any atom is 0.244 e. The van der Waals surface area contributed by atoms with Crippen LogP contribution in [-0.4, -0.2) is 26.2 Å². The first kappa shape index (κ1) is 18.2. The molecule has 0 spiro atoms.